The van der Waals surface area contributed by atoms with E-state index >= 15 is 0 Å². The molecule has 0 bridgehead atoms. The Balaban J connectivity index is 4.06. The van der Waals surface area contributed by atoms with Gasteiger partial charge in [-0.25, -0.2) is 0 Å². The summed E-state index contributed by atoms with van der Waals surface area (Å²) in [6.45, 7) is 5.66. The third-order valence-corrected chi connectivity index (χ3v) is 1.93. The molecule has 78 valence electrons. The normalized spacial score (nSPS) is 12.6. The molecule has 0 saturated carbocycles. The van der Waals surface area contributed by atoms with Crippen LogP contribution in [-0.2, 0) is 9.53 Å². The van der Waals surface area contributed by atoms with Gasteiger partial charge in [-0.1, -0.05) is 0 Å². The predicted octanol–water partition coefficient (Wildman–Crippen LogP) is 0.0892. The highest BCUT2D eigenvalue weighted by Crippen LogP contribution is 1.99. The van der Waals surface area contributed by atoms with Gasteiger partial charge in [-0.2, -0.15) is 0 Å². The zero-order valence-corrected chi connectivity index (χ0v) is 8.96. The third kappa shape index (κ3) is 4.24. The summed E-state index contributed by atoms with van der Waals surface area (Å²) in [7, 11) is 3.42. The fraction of sp³-hybridized carbons (Fsp3) is 0.889. The molecule has 4 nitrogen and oxygen atoms in total. The molecule has 1 N–H and O–H groups in total. The van der Waals surface area contributed by atoms with E-state index in [2.05, 4.69) is 5.32 Å². The highest BCUT2D eigenvalue weighted by atomic mass is 16.5. The van der Waals surface area contributed by atoms with Gasteiger partial charge in [0.15, 0.2) is 0 Å². The van der Waals surface area contributed by atoms with Gasteiger partial charge in [-0.05, 0) is 20.9 Å². The lowest BCUT2D eigenvalue weighted by atomic mass is 10.3. The van der Waals surface area contributed by atoms with Gasteiger partial charge in [0.25, 0.3) is 0 Å². The fourth-order valence-electron chi connectivity index (χ4n) is 1.32. The Morgan fingerprint density at radius 3 is 2.62 bits per heavy atom. The van der Waals surface area contributed by atoms with E-state index in [1.54, 1.807) is 19.1 Å². The van der Waals surface area contributed by atoms with Crippen LogP contribution in [-0.4, -0.2) is 50.7 Å². The quantitative estimate of drug-likeness (QED) is 0.642. The SMILES string of the molecule is CCN(C(=O)CNC)C(C)COC. The standard InChI is InChI=1S/C9H20N2O2/c1-5-11(8(2)7-13-4)9(12)6-10-3/h8,10H,5-7H2,1-4H3. The van der Waals surface area contributed by atoms with Crippen molar-refractivity contribution in [2.75, 3.05) is 33.9 Å². The van der Waals surface area contributed by atoms with E-state index in [1.165, 1.54) is 0 Å². The average molecular weight is 188 g/mol. The molecule has 0 aliphatic carbocycles. The van der Waals surface area contributed by atoms with Crippen LogP contribution in [0.5, 0.6) is 0 Å². The van der Waals surface area contributed by atoms with Gasteiger partial charge in [-0.3, -0.25) is 4.79 Å². The van der Waals surface area contributed by atoms with E-state index < -0.39 is 0 Å². The van der Waals surface area contributed by atoms with Crippen molar-refractivity contribution in [3.05, 3.63) is 0 Å². The molecular formula is C9H20N2O2. The summed E-state index contributed by atoms with van der Waals surface area (Å²) in [6, 6.07) is 0.149. The highest BCUT2D eigenvalue weighted by Gasteiger charge is 2.16. The first kappa shape index (κ1) is 12.4. The van der Waals surface area contributed by atoms with Gasteiger partial charge in [0.1, 0.15) is 0 Å². The fourth-order valence-corrected chi connectivity index (χ4v) is 1.32. The number of nitrogens with one attached hydrogen (secondary N) is 1. The molecule has 13 heavy (non-hydrogen) atoms. The van der Waals surface area contributed by atoms with Gasteiger partial charge in [0, 0.05) is 13.7 Å². The molecule has 0 fully saturated rings. The molecular weight excluding hydrogens is 168 g/mol. The molecule has 0 rings (SSSR count). The van der Waals surface area contributed by atoms with E-state index in [0.717, 1.165) is 6.54 Å². The molecule has 0 heterocycles. The molecule has 1 unspecified atom stereocenters. The second-order valence-electron chi connectivity index (χ2n) is 3.01. The average Bonchev–Trinajstić information content (AvgIpc) is 2.06. The largest absolute Gasteiger partial charge is 0.383 e. The third-order valence-electron chi connectivity index (χ3n) is 1.93. The van der Waals surface area contributed by atoms with Crippen molar-refractivity contribution in [3.8, 4) is 0 Å². The Hall–Kier alpha value is -0.610. The lowest BCUT2D eigenvalue weighted by Gasteiger charge is -2.27. The van der Waals surface area contributed by atoms with Crippen LogP contribution in [0.25, 0.3) is 0 Å². The minimum Gasteiger partial charge on any atom is -0.383 e. The van der Waals surface area contributed by atoms with Crippen molar-refractivity contribution in [1.82, 2.24) is 10.2 Å². The maximum absolute atomic E-state index is 11.5. The lowest BCUT2D eigenvalue weighted by Crippen LogP contribution is -2.44. The maximum atomic E-state index is 11.5. The Labute approximate surface area is 80.2 Å². The van der Waals surface area contributed by atoms with E-state index in [-0.39, 0.29) is 11.9 Å². The summed E-state index contributed by atoms with van der Waals surface area (Å²) in [6.07, 6.45) is 0. The summed E-state index contributed by atoms with van der Waals surface area (Å²) < 4.78 is 5.00. The number of ether oxygens (including phenoxy) is 1. The van der Waals surface area contributed by atoms with Crippen molar-refractivity contribution in [2.45, 2.75) is 19.9 Å². The molecule has 0 aromatic heterocycles. The van der Waals surface area contributed by atoms with Gasteiger partial charge in [0.2, 0.25) is 5.91 Å². The summed E-state index contributed by atoms with van der Waals surface area (Å²) in [4.78, 5) is 13.3. The maximum Gasteiger partial charge on any atom is 0.236 e. The first-order valence-electron chi connectivity index (χ1n) is 4.60. The monoisotopic (exact) mass is 188 g/mol. The molecule has 0 aromatic carbocycles. The first-order valence-corrected chi connectivity index (χ1v) is 4.60. The molecule has 0 aliphatic heterocycles. The second kappa shape index (κ2) is 6.86. The van der Waals surface area contributed by atoms with E-state index in [9.17, 15) is 4.79 Å². The van der Waals surface area contributed by atoms with Crippen molar-refractivity contribution in [2.24, 2.45) is 0 Å². The van der Waals surface area contributed by atoms with Crippen LogP contribution in [0.15, 0.2) is 0 Å². The first-order chi connectivity index (χ1) is 6.17. The van der Waals surface area contributed by atoms with Crippen LogP contribution < -0.4 is 5.32 Å². The van der Waals surface area contributed by atoms with Crippen molar-refractivity contribution >= 4 is 5.91 Å². The van der Waals surface area contributed by atoms with Crippen LogP contribution in [0.3, 0.4) is 0 Å². The minimum atomic E-state index is 0.120. The van der Waals surface area contributed by atoms with Crippen molar-refractivity contribution in [3.63, 3.8) is 0 Å². The molecule has 1 atom stereocenters. The highest BCUT2D eigenvalue weighted by molar-refractivity contribution is 5.78. The zero-order valence-electron chi connectivity index (χ0n) is 8.96. The predicted molar refractivity (Wildman–Crippen MR) is 52.7 cm³/mol. The second-order valence-corrected chi connectivity index (χ2v) is 3.01. The van der Waals surface area contributed by atoms with Gasteiger partial charge in [0.05, 0.1) is 19.2 Å². The minimum absolute atomic E-state index is 0.120. The Kier molecular flexibility index (Phi) is 6.54. The number of hydrogen-bond donors (Lipinski definition) is 1. The van der Waals surface area contributed by atoms with Crippen molar-refractivity contribution in [1.29, 1.82) is 0 Å². The molecule has 0 saturated heterocycles. The van der Waals surface area contributed by atoms with Crippen LogP contribution in [0, 0.1) is 0 Å². The molecule has 0 spiro atoms. The molecule has 0 aromatic rings. The molecule has 1 amide bonds. The smallest absolute Gasteiger partial charge is 0.236 e. The number of rotatable bonds is 6. The number of nitrogens with zero attached hydrogens (tertiary/aromatic N) is 1. The van der Waals surface area contributed by atoms with Crippen molar-refractivity contribution < 1.29 is 9.53 Å². The molecule has 0 radical (unpaired) electrons. The number of carbonyl (C=O) groups is 1. The van der Waals surface area contributed by atoms with E-state index in [0.29, 0.717) is 13.2 Å². The van der Waals surface area contributed by atoms with Gasteiger partial charge < -0.3 is 15.0 Å². The van der Waals surface area contributed by atoms with E-state index in [1.807, 2.05) is 13.8 Å². The summed E-state index contributed by atoms with van der Waals surface area (Å²) in [5, 5.41) is 2.85. The lowest BCUT2D eigenvalue weighted by molar-refractivity contribution is -0.132. The Morgan fingerprint density at radius 2 is 2.23 bits per heavy atom. The van der Waals surface area contributed by atoms with Crippen LogP contribution in [0.2, 0.25) is 0 Å². The van der Waals surface area contributed by atoms with E-state index in [4.69, 9.17) is 4.74 Å². The number of amides is 1. The zero-order chi connectivity index (χ0) is 10.3. The number of carbonyl (C=O) groups excluding carboxylic acids is 1. The van der Waals surface area contributed by atoms with Crippen LogP contribution in [0.1, 0.15) is 13.8 Å². The van der Waals surface area contributed by atoms with Crippen LogP contribution >= 0.6 is 0 Å². The van der Waals surface area contributed by atoms with Gasteiger partial charge in [-0.15, -0.1) is 0 Å². The summed E-state index contributed by atoms with van der Waals surface area (Å²) >= 11 is 0. The topological polar surface area (TPSA) is 41.6 Å². The number of methoxy groups -OCH3 is 1. The molecule has 4 heteroatoms. The Bertz CT molecular complexity index is 151. The molecule has 0 aliphatic rings. The summed E-state index contributed by atoms with van der Waals surface area (Å²) in [5.41, 5.74) is 0. The number of hydrogen-bond acceptors (Lipinski definition) is 3. The van der Waals surface area contributed by atoms with Gasteiger partial charge >= 0.3 is 0 Å². The summed E-state index contributed by atoms with van der Waals surface area (Å²) in [5.74, 6) is 0.120. The Morgan fingerprint density at radius 1 is 1.62 bits per heavy atom. The number of likely N-dealkylation sites (N-methyl/N-ethyl adjacent to an activating group) is 2. The van der Waals surface area contributed by atoms with Crippen LogP contribution in [0.4, 0.5) is 0 Å².